The third-order valence-corrected chi connectivity index (χ3v) is 6.61. The maximum atomic E-state index is 13.3. The number of nitrogens with zero attached hydrogens (tertiary/aromatic N) is 4. The van der Waals surface area contributed by atoms with Gasteiger partial charge in [-0.2, -0.15) is 0 Å². The van der Waals surface area contributed by atoms with Crippen molar-refractivity contribution in [3.8, 4) is 0 Å². The average molecular weight is 461 g/mol. The van der Waals surface area contributed by atoms with E-state index in [0.29, 0.717) is 25.3 Å². The van der Waals surface area contributed by atoms with Crippen LogP contribution in [0, 0.1) is 5.92 Å². The maximum Gasteiger partial charge on any atom is 0.252 e. The lowest BCUT2D eigenvalue weighted by molar-refractivity contribution is 0.0161. The molecule has 2 aliphatic rings. The molecular weight excluding hydrogens is 428 g/mol. The van der Waals surface area contributed by atoms with Gasteiger partial charge in [-0.15, -0.1) is 0 Å². The van der Waals surface area contributed by atoms with Crippen LogP contribution in [0.5, 0.6) is 0 Å². The van der Waals surface area contributed by atoms with Crippen molar-refractivity contribution in [2.24, 2.45) is 5.92 Å². The lowest BCUT2D eigenvalue weighted by atomic mass is 10.1. The molecule has 1 amide bonds. The standard InChI is InChI=1S/C26H32N6O2/c1-2-24-28-15-19(16-29-24)23(32-10-12-34-13-11-32)17-30-26(33)21-4-3-5-22-20(21)8-9-25(31-22)27-14-18-6-7-18/h3-5,8-9,15-16,18,23H,2,6-7,10-14,17H2,1H3,(H,27,31)(H,30,33). The lowest BCUT2D eigenvalue weighted by Crippen LogP contribution is -2.44. The molecule has 1 aliphatic heterocycles. The Labute approximate surface area is 200 Å². The minimum atomic E-state index is -0.101. The summed E-state index contributed by atoms with van der Waals surface area (Å²) in [6, 6.07) is 9.65. The van der Waals surface area contributed by atoms with Crippen LogP contribution in [0.1, 0.15) is 47.6 Å². The molecule has 3 aromatic rings. The molecule has 0 radical (unpaired) electrons. The molecule has 0 spiro atoms. The van der Waals surface area contributed by atoms with Crippen molar-refractivity contribution in [3.63, 3.8) is 0 Å². The zero-order valence-corrected chi connectivity index (χ0v) is 19.7. The number of carbonyl (C=O) groups excluding carboxylic acids is 1. The third-order valence-electron chi connectivity index (χ3n) is 6.61. The highest BCUT2D eigenvalue weighted by Crippen LogP contribution is 2.29. The van der Waals surface area contributed by atoms with Gasteiger partial charge < -0.3 is 15.4 Å². The summed E-state index contributed by atoms with van der Waals surface area (Å²) in [6.07, 6.45) is 7.16. The summed E-state index contributed by atoms with van der Waals surface area (Å²) in [6.45, 7) is 6.47. The van der Waals surface area contributed by atoms with Crippen molar-refractivity contribution in [2.45, 2.75) is 32.2 Å². The van der Waals surface area contributed by atoms with E-state index < -0.39 is 0 Å². The number of hydrogen-bond donors (Lipinski definition) is 2. The van der Waals surface area contributed by atoms with Gasteiger partial charge in [0.2, 0.25) is 0 Å². The predicted octanol–water partition coefficient (Wildman–Crippen LogP) is 3.21. The topological polar surface area (TPSA) is 92.3 Å². The first-order valence-electron chi connectivity index (χ1n) is 12.3. The van der Waals surface area contributed by atoms with Crippen LogP contribution in [0.3, 0.4) is 0 Å². The Morgan fingerprint density at radius 3 is 2.68 bits per heavy atom. The Balaban J connectivity index is 1.31. The number of benzene rings is 1. The molecule has 1 aliphatic carbocycles. The first-order valence-corrected chi connectivity index (χ1v) is 12.3. The van der Waals surface area contributed by atoms with Gasteiger partial charge in [-0.25, -0.2) is 15.0 Å². The number of pyridine rings is 1. The summed E-state index contributed by atoms with van der Waals surface area (Å²) < 4.78 is 5.54. The zero-order valence-electron chi connectivity index (χ0n) is 19.7. The maximum absolute atomic E-state index is 13.3. The smallest absolute Gasteiger partial charge is 0.252 e. The van der Waals surface area contributed by atoms with Crippen molar-refractivity contribution < 1.29 is 9.53 Å². The van der Waals surface area contributed by atoms with Crippen LogP contribution in [0.25, 0.3) is 10.9 Å². The molecule has 0 bridgehead atoms. The van der Waals surface area contributed by atoms with Gasteiger partial charge in [-0.3, -0.25) is 9.69 Å². The fraction of sp³-hybridized carbons (Fsp3) is 0.462. The highest BCUT2D eigenvalue weighted by Gasteiger charge is 2.25. The summed E-state index contributed by atoms with van der Waals surface area (Å²) in [5.41, 5.74) is 2.46. The zero-order chi connectivity index (χ0) is 23.3. The molecule has 178 valence electrons. The van der Waals surface area contributed by atoms with Crippen LogP contribution in [-0.4, -0.2) is 65.2 Å². The van der Waals surface area contributed by atoms with Gasteiger partial charge in [0.05, 0.1) is 24.8 Å². The molecule has 2 N–H and O–H groups in total. The molecule has 1 saturated carbocycles. The summed E-state index contributed by atoms with van der Waals surface area (Å²) >= 11 is 0. The number of ether oxygens (including phenoxy) is 1. The molecule has 8 nitrogen and oxygen atoms in total. The minimum Gasteiger partial charge on any atom is -0.379 e. The molecule has 34 heavy (non-hydrogen) atoms. The number of nitrogens with one attached hydrogen (secondary N) is 2. The number of anilines is 1. The number of rotatable bonds is 9. The summed E-state index contributed by atoms with van der Waals surface area (Å²) in [5.74, 6) is 2.36. The Morgan fingerprint density at radius 2 is 1.94 bits per heavy atom. The highest BCUT2D eigenvalue weighted by atomic mass is 16.5. The van der Waals surface area contributed by atoms with Gasteiger partial charge in [0.1, 0.15) is 11.6 Å². The minimum absolute atomic E-state index is 0.00918. The number of fused-ring (bicyclic) bond motifs is 1. The number of morpholine rings is 1. The van der Waals surface area contributed by atoms with E-state index in [4.69, 9.17) is 9.72 Å². The van der Waals surface area contributed by atoms with Gasteiger partial charge >= 0.3 is 0 Å². The summed E-state index contributed by atoms with van der Waals surface area (Å²) in [4.78, 5) is 29.3. The van der Waals surface area contributed by atoms with E-state index in [0.717, 1.165) is 60.1 Å². The third kappa shape index (κ3) is 5.34. The molecule has 2 fully saturated rings. The van der Waals surface area contributed by atoms with Crippen molar-refractivity contribution in [1.82, 2.24) is 25.2 Å². The van der Waals surface area contributed by atoms with Crippen molar-refractivity contribution >= 4 is 22.6 Å². The van der Waals surface area contributed by atoms with Crippen LogP contribution in [-0.2, 0) is 11.2 Å². The van der Waals surface area contributed by atoms with Crippen molar-refractivity contribution in [2.75, 3.05) is 44.7 Å². The second kappa shape index (κ2) is 10.4. The van der Waals surface area contributed by atoms with Crippen LogP contribution in [0.15, 0.2) is 42.7 Å². The first-order chi connectivity index (χ1) is 16.7. The number of aromatic nitrogens is 3. The Morgan fingerprint density at radius 1 is 1.15 bits per heavy atom. The van der Waals surface area contributed by atoms with E-state index in [1.807, 2.05) is 49.6 Å². The fourth-order valence-corrected chi connectivity index (χ4v) is 4.37. The SMILES string of the molecule is CCc1ncc(C(CNC(=O)c2cccc3nc(NCC4CC4)ccc23)N2CCOCC2)cn1. The summed E-state index contributed by atoms with van der Waals surface area (Å²) in [7, 11) is 0. The number of amides is 1. The van der Waals surface area contributed by atoms with E-state index in [9.17, 15) is 4.79 Å². The fourth-order valence-electron chi connectivity index (χ4n) is 4.37. The average Bonchev–Trinajstić information content (AvgIpc) is 3.72. The quantitative estimate of drug-likeness (QED) is 0.507. The Hall–Kier alpha value is -3.10. The molecule has 5 rings (SSSR count). The van der Waals surface area contributed by atoms with Crippen LogP contribution >= 0.6 is 0 Å². The number of hydrogen-bond acceptors (Lipinski definition) is 7. The largest absolute Gasteiger partial charge is 0.379 e. The lowest BCUT2D eigenvalue weighted by Gasteiger charge is -2.34. The van der Waals surface area contributed by atoms with Crippen LogP contribution in [0.4, 0.5) is 5.82 Å². The Bertz CT molecular complexity index is 1130. The van der Waals surface area contributed by atoms with Gasteiger partial charge in [0, 0.05) is 61.5 Å². The van der Waals surface area contributed by atoms with E-state index in [1.54, 1.807) is 0 Å². The monoisotopic (exact) mass is 460 g/mol. The highest BCUT2D eigenvalue weighted by molar-refractivity contribution is 6.06. The second-order valence-electron chi connectivity index (χ2n) is 9.05. The van der Waals surface area contributed by atoms with E-state index in [2.05, 4.69) is 25.5 Å². The van der Waals surface area contributed by atoms with Crippen LogP contribution < -0.4 is 10.6 Å². The van der Waals surface area contributed by atoms with Gasteiger partial charge in [0.15, 0.2) is 0 Å². The molecule has 8 heteroatoms. The van der Waals surface area contributed by atoms with E-state index >= 15 is 0 Å². The van der Waals surface area contributed by atoms with Crippen molar-refractivity contribution in [3.05, 3.63) is 59.7 Å². The van der Waals surface area contributed by atoms with E-state index in [-0.39, 0.29) is 11.9 Å². The van der Waals surface area contributed by atoms with Crippen LogP contribution in [0.2, 0.25) is 0 Å². The Kier molecular flexibility index (Phi) is 6.97. The summed E-state index contributed by atoms with van der Waals surface area (Å²) in [5, 5.41) is 7.43. The molecule has 1 unspecified atom stereocenters. The first kappa shape index (κ1) is 22.7. The molecule has 3 heterocycles. The normalized spacial score (nSPS) is 17.4. The molecular formula is C26H32N6O2. The van der Waals surface area contributed by atoms with E-state index in [1.165, 1.54) is 12.8 Å². The molecule has 1 atom stereocenters. The second-order valence-corrected chi connectivity index (χ2v) is 9.05. The number of carbonyl (C=O) groups is 1. The van der Waals surface area contributed by atoms with Gasteiger partial charge in [0.25, 0.3) is 5.91 Å². The molecule has 2 aromatic heterocycles. The number of aryl methyl sites for hydroxylation is 1. The molecule has 1 saturated heterocycles. The van der Waals surface area contributed by atoms with Gasteiger partial charge in [-0.05, 0) is 43.0 Å². The predicted molar refractivity (Wildman–Crippen MR) is 132 cm³/mol. The molecule has 1 aromatic carbocycles. The van der Waals surface area contributed by atoms with Crippen molar-refractivity contribution in [1.29, 1.82) is 0 Å². The van der Waals surface area contributed by atoms with Gasteiger partial charge in [-0.1, -0.05) is 13.0 Å².